The van der Waals surface area contributed by atoms with Crippen molar-refractivity contribution < 1.29 is 32.5 Å². The number of hydrogen-bond acceptors (Lipinski definition) is 6. The maximum absolute atomic E-state index is 12.8. The van der Waals surface area contributed by atoms with Gasteiger partial charge in [-0.2, -0.15) is 13.2 Å². The third kappa shape index (κ3) is 7.09. The van der Waals surface area contributed by atoms with Crippen molar-refractivity contribution in [2.24, 2.45) is 0 Å². The number of halogens is 3. The van der Waals surface area contributed by atoms with Crippen molar-refractivity contribution in [1.29, 1.82) is 0 Å². The number of piperidine rings is 1. The lowest BCUT2D eigenvalue weighted by Crippen LogP contribution is -2.41. The summed E-state index contributed by atoms with van der Waals surface area (Å²) in [5, 5.41) is 9.71. The third-order valence-corrected chi connectivity index (χ3v) is 6.94. The van der Waals surface area contributed by atoms with Gasteiger partial charge >= 0.3 is 12.3 Å². The van der Waals surface area contributed by atoms with Gasteiger partial charge in [0.15, 0.2) is 0 Å². The lowest BCUT2D eigenvalue weighted by molar-refractivity contribution is -0.137. The average Bonchev–Trinajstić information content (AvgIpc) is 3.31. The lowest BCUT2D eigenvalue weighted by atomic mass is 9.88. The number of aromatic nitrogens is 1. The van der Waals surface area contributed by atoms with Crippen LogP contribution >= 0.6 is 0 Å². The number of carbonyl (C=O) groups is 1. The first kappa shape index (κ1) is 28.0. The molecule has 4 rings (SSSR count). The summed E-state index contributed by atoms with van der Waals surface area (Å²) in [4.78, 5) is 20.2. The van der Waals surface area contributed by atoms with E-state index in [1.807, 2.05) is 20.8 Å². The van der Waals surface area contributed by atoms with Gasteiger partial charge in [0.1, 0.15) is 11.7 Å². The van der Waals surface area contributed by atoms with Crippen molar-refractivity contribution in [2.45, 2.75) is 70.3 Å². The number of likely N-dealkylation sites (tertiary alicyclic amines) is 1. The van der Waals surface area contributed by atoms with Crippen molar-refractivity contribution >= 4 is 11.8 Å². The number of anilines is 1. The van der Waals surface area contributed by atoms with Crippen LogP contribution in [-0.4, -0.2) is 65.6 Å². The molecule has 2 aliphatic rings. The second-order valence-electron chi connectivity index (χ2n) is 11.0. The zero-order valence-corrected chi connectivity index (χ0v) is 22.1. The quantitative estimate of drug-likeness (QED) is 0.534. The Bertz CT molecular complexity index is 1090. The number of amides is 1. The number of pyridine rings is 1. The number of hydrogen-bond donors (Lipinski definition) is 1. The van der Waals surface area contributed by atoms with Crippen molar-refractivity contribution in [1.82, 2.24) is 9.88 Å². The number of rotatable bonds is 6. The molecule has 2 aliphatic heterocycles. The van der Waals surface area contributed by atoms with Gasteiger partial charge in [-0.3, -0.25) is 0 Å². The standard InChI is InChI=1S/C28H36F3N3O4/c1-27(2,3)38-26(36)33-12-8-19(9-13-33)20-4-6-24(21(16-20)11-15-35)34-14-10-23(18-34)37-25-7-5-22(17-32-25)28(29,30)31/h4-7,16-17,19,23,35H,8-15,18H2,1-3H3. The second-order valence-corrected chi connectivity index (χ2v) is 11.0. The summed E-state index contributed by atoms with van der Waals surface area (Å²) < 4.78 is 49.7. The first-order valence-corrected chi connectivity index (χ1v) is 13.1. The van der Waals surface area contributed by atoms with E-state index in [1.165, 1.54) is 11.6 Å². The summed E-state index contributed by atoms with van der Waals surface area (Å²) in [5.41, 5.74) is 1.95. The predicted octanol–water partition coefficient (Wildman–Crippen LogP) is 5.41. The molecule has 38 heavy (non-hydrogen) atoms. The number of aliphatic hydroxyl groups is 1. The molecule has 1 aromatic heterocycles. The number of benzene rings is 1. The highest BCUT2D eigenvalue weighted by molar-refractivity contribution is 5.68. The minimum Gasteiger partial charge on any atom is -0.472 e. The Balaban J connectivity index is 1.37. The molecule has 1 amide bonds. The SMILES string of the molecule is CC(C)(C)OC(=O)N1CCC(c2ccc(N3CCC(Oc4ccc(C(F)(F)F)cn4)C3)c(CCO)c2)CC1. The summed E-state index contributed by atoms with van der Waals surface area (Å²) in [6.45, 7) is 8.20. The number of alkyl halides is 3. The molecule has 0 bridgehead atoms. The molecule has 1 aromatic carbocycles. The van der Waals surface area contributed by atoms with Crippen LogP contribution in [0.5, 0.6) is 5.88 Å². The molecule has 2 aromatic rings. The van der Waals surface area contributed by atoms with E-state index in [4.69, 9.17) is 9.47 Å². The highest BCUT2D eigenvalue weighted by Gasteiger charge is 2.32. The molecule has 0 saturated carbocycles. The minimum atomic E-state index is -4.43. The van der Waals surface area contributed by atoms with Crippen LogP contribution in [0.2, 0.25) is 0 Å². The van der Waals surface area contributed by atoms with E-state index in [-0.39, 0.29) is 24.7 Å². The summed E-state index contributed by atoms with van der Waals surface area (Å²) in [6, 6.07) is 8.59. The molecule has 0 aliphatic carbocycles. The lowest BCUT2D eigenvalue weighted by Gasteiger charge is -2.34. The molecule has 1 unspecified atom stereocenters. The fourth-order valence-corrected chi connectivity index (χ4v) is 5.04. The summed E-state index contributed by atoms with van der Waals surface area (Å²) in [7, 11) is 0. The minimum absolute atomic E-state index is 0.0246. The van der Waals surface area contributed by atoms with E-state index < -0.39 is 17.3 Å². The van der Waals surface area contributed by atoms with E-state index in [2.05, 4.69) is 28.1 Å². The van der Waals surface area contributed by atoms with Gasteiger partial charge in [-0.05, 0) is 69.2 Å². The highest BCUT2D eigenvalue weighted by Crippen LogP contribution is 2.34. The van der Waals surface area contributed by atoms with Crippen LogP contribution < -0.4 is 9.64 Å². The summed E-state index contributed by atoms with van der Waals surface area (Å²) in [6.07, 6.45) is -1.19. The monoisotopic (exact) mass is 535 g/mol. The number of aliphatic hydroxyl groups excluding tert-OH is 1. The number of ether oxygens (including phenoxy) is 2. The van der Waals surface area contributed by atoms with E-state index in [1.54, 1.807) is 4.90 Å². The van der Waals surface area contributed by atoms with Crippen LogP contribution in [0.3, 0.4) is 0 Å². The first-order valence-electron chi connectivity index (χ1n) is 13.1. The first-order chi connectivity index (χ1) is 17.9. The van der Waals surface area contributed by atoms with Gasteiger partial charge in [0, 0.05) is 50.6 Å². The molecule has 0 spiro atoms. The molecule has 1 atom stereocenters. The number of nitrogens with zero attached hydrogens (tertiary/aromatic N) is 3. The third-order valence-electron chi connectivity index (χ3n) is 6.94. The smallest absolute Gasteiger partial charge is 0.417 e. The Morgan fingerprint density at radius 2 is 1.82 bits per heavy atom. The molecular weight excluding hydrogens is 499 g/mol. The molecule has 3 heterocycles. The molecule has 7 nitrogen and oxygen atoms in total. The van der Waals surface area contributed by atoms with Gasteiger partial charge in [0.2, 0.25) is 5.88 Å². The topological polar surface area (TPSA) is 75.1 Å². The maximum Gasteiger partial charge on any atom is 0.417 e. The zero-order chi connectivity index (χ0) is 27.5. The fourth-order valence-electron chi connectivity index (χ4n) is 5.04. The van der Waals surface area contributed by atoms with E-state index in [0.717, 1.165) is 42.9 Å². The molecule has 10 heteroatoms. The summed E-state index contributed by atoms with van der Waals surface area (Å²) in [5.74, 6) is 0.495. The van der Waals surface area contributed by atoms with Gasteiger partial charge in [-0.15, -0.1) is 0 Å². The molecule has 2 saturated heterocycles. The van der Waals surface area contributed by atoms with Crippen LogP contribution in [0.4, 0.5) is 23.7 Å². The maximum atomic E-state index is 12.8. The predicted molar refractivity (Wildman–Crippen MR) is 137 cm³/mol. The van der Waals surface area contributed by atoms with Gasteiger partial charge in [0.25, 0.3) is 0 Å². The van der Waals surface area contributed by atoms with Crippen LogP contribution in [0.25, 0.3) is 0 Å². The second kappa shape index (κ2) is 11.4. The largest absolute Gasteiger partial charge is 0.472 e. The van der Waals surface area contributed by atoms with Crippen LogP contribution in [0.15, 0.2) is 36.5 Å². The van der Waals surface area contributed by atoms with Crippen molar-refractivity contribution in [2.75, 3.05) is 37.7 Å². The van der Waals surface area contributed by atoms with Crippen LogP contribution in [-0.2, 0) is 17.3 Å². The Kier molecular flexibility index (Phi) is 8.40. The van der Waals surface area contributed by atoms with Crippen molar-refractivity contribution in [3.05, 3.63) is 53.2 Å². The van der Waals surface area contributed by atoms with E-state index in [0.29, 0.717) is 38.4 Å². The van der Waals surface area contributed by atoms with E-state index >= 15 is 0 Å². The number of carbonyl (C=O) groups excluding carboxylic acids is 1. The van der Waals surface area contributed by atoms with Crippen molar-refractivity contribution in [3.8, 4) is 5.88 Å². The van der Waals surface area contributed by atoms with Gasteiger partial charge in [-0.1, -0.05) is 12.1 Å². The zero-order valence-electron chi connectivity index (χ0n) is 22.1. The van der Waals surface area contributed by atoms with E-state index in [9.17, 15) is 23.1 Å². The highest BCUT2D eigenvalue weighted by atomic mass is 19.4. The summed E-state index contributed by atoms with van der Waals surface area (Å²) >= 11 is 0. The Morgan fingerprint density at radius 3 is 2.42 bits per heavy atom. The molecular formula is C28H36F3N3O4. The molecule has 208 valence electrons. The molecule has 2 fully saturated rings. The molecule has 1 N–H and O–H groups in total. The Morgan fingerprint density at radius 1 is 1.08 bits per heavy atom. The average molecular weight is 536 g/mol. The van der Waals surface area contributed by atoms with Gasteiger partial charge in [-0.25, -0.2) is 9.78 Å². The fraction of sp³-hybridized carbons (Fsp3) is 0.571. The van der Waals surface area contributed by atoms with Gasteiger partial charge < -0.3 is 24.4 Å². The Hall–Kier alpha value is -3.01. The van der Waals surface area contributed by atoms with Crippen LogP contribution in [0, 0.1) is 0 Å². The normalized spacial score (nSPS) is 19.1. The van der Waals surface area contributed by atoms with Gasteiger partial charge in [0.05, 0.1) is 12.1 Å². The molecule has 0 radical (unpaired) electrons. The Labute approximate surface area is 221 Å². The van der Waals surface area contributed by atoms with Crippen molar-refractivity contribution in [3.63, 3.8) is 0 Å². The van der Waals surface area contributed by atoms with Crippen LogP contribution in [0.1, 0.15) is 62.6 Å².